The Labute approximate surface area is 184 Å². The first-order chi connectivity index (χ1) is 15.2. The first kappa shape index (κ1) is 22.8. The van der Waals surface area contributed by atoms with Crippen LogP contribution < -0.4 is 20.3 Å². The first-order valence-electron chi connectivity index (χ1n) is 9.33. The maximum atomic E-state index is 13.0. The Bertz CT molecular complexity index is 1240. The van der Waals surface area contributed by atoms with Gasteiger partial charge in [-0.3, -0.25) is 25.2 Å². The lowest BCUT2D eigenvalue weighted by molar-refractivity contribution is 0.0846. The molecule has 0 unspecified atom stereocenters. The summed E-state index contributed by atoms with van der Waals surface area (Å²) in [5.74, 6) is -1.89. The number of halogens is 1. The quantitative estimate of drug-likeness (QED) is 0.493. The minimum absolute atomic E-state index is 0.0329. The number of anilines is 1. The Kier molecular flexibility index (Phi) is 6.74. The first-order valence-corrected chi connectivity index (χ1v) is 10.8. The van der Waals surface area contributed by atoms with Crippen molar-refractivity contribution < 1.29 is 27.1 Å². The highest BCUT2D eigenvalue weighted by Gasteiger charge is 2.22. The summed E-state index contributed by atoms with van der Waals surface area (Å²) in [4.78, 5) is 24.3. The summed E-state index contributed by atoms with van der Waals surface area (Å²) in [6.07, 6.45) is 0. The molecule has 32 heavy (non-hydrogen) atoms. The average Bonchev–Trinajstić information content (AvgIpc) is 2.78. The zero-order chi connectivity index (χ0) is 23.3. The predicted octanol–water partition coefficient (Wildman–Crippen LogP) is 3.02. The summed E-state index contributed by atoms with van der Waals surface area (Å²) >= 11 is 0. The van der Waals surface area contributed by atoms with E-state index in [2.05, 4.69) is 15.6 Å². The van der Waals surface area contributed by atoms with Crippen LogP contribution >= 0.6 is 0 Å². The van der Waals surface area contributed by atoms with Gasteiger partial charge in [0.2, 0.25) is 0 Å². The fraction of sp³-hybridized carbons (Fsp3) is 0.0909. The van der Waals surface area contributed by atoms with Gasteiger partial charge in [0.25, 0.3) is 21.8 Å². The molecule has 0 saturated carbocycles. The standard InChI is InChI=1S/C22H20FN3O5S/c1-14-3-10-18(11-4-14)26-32(29,30)20-13-16(7-12-19(20)31-2)22(28)25-24-21(27)15-5-8-17(23)9-6-15/h3-13,26H,1-2H3,(H,24,27)(H,25,28). The van der Waals surface area contributed by atoms with E-state index >= 15 is 0 Å². The number of amides is 2. The fourth-order valence-corrected chi connectivity index (χ4v) is 3.97. The molecule has 0 saturated heterocycles. The van der Waals surface area contributed by atoms with Gasteiger partial charge in [0.1, 0.15) is 16.5 Å². The summed E-state index contributed by atoms with van der Waals surface area (Å²) in [6.45, 7) is 1.87. The molecule has 166 valence electrons. The van der Waals surface area contributed by atoms with Gasteiger partial charge in [-0.2, -0.15) is 0 Å². The summed E-state index contributed by atoms with van der Waals surface area (Å²) in [5.41, 5.74) is 5.80. The molecule has 0 heterocycles. The van der Waals surface area contributed by atoms with Crippen molar-refractivity contribution in [3.63, 3.8) is 0 Å². The van der Waals surface area contributed by atoms with Crippen molar-refractivity contribution in [1.82, 2.24) is 10.9 Å². The van der Waals surface area contributed by atoms with Crippen LogP contribution in [-0.4, -0.2) is 27.3 Å². The van der Waals surface area contributed by atoms with Crippen LogP contribution in [0.2, 0.25) is 0 Å². The summed E-state index contributed by atoms with van der Waals surface area (Å²) < 4.78 is 46.3. The molecule has 0 aliphatic rings. The number of hydrogen-bond acceptors (Lipinski definition) is 5. The fourth-order valence-electron chi connectivity index (χ4n) is 2.72. The monoisotopic (exact) mass is 457 g/mol. The normalized spacial score (nSPS) is 10.8. The Morgan fingerprint density at radius 1 is 0.844 bits per heavy atom. The van der Waals surface area contributed by atoms with E-state index in [0.29, 0.717) is 5.69 Å². The Morgan fingerprint density at radius 2 is 1.41 bits per heavy atom. The lowest BCUT2D eigenvalue weighted by Crippen LogP contribution is -2.41. The van der Waals surface area contributed by atoms with E-state index in [1.807, 2.05) is 6.92 Å². The van der Waals surface area contributed by atoms with Crippen LogP contribution in [0.3, 0.4) is 0 Å². The molecule has 0 aliphatic heterocycles. The minimum Gasteiger partial charge on any atom is -0.495 e. The number of sulfonamides is 1. The van der Waals surface area contributed by atoms with Crippen LogP contribution in [0.5, 0.6) is 5.75 Å². The van der Waals surface area contributed by atoms with Crippen LogP contribution in [0.25, 0.3) is 0 Å². The van der Waals surface area contributed by atoms with Crippen molar-refractivity contribution in [2.45, 2.75) is 11.8 Å². The number of hydrazine groups is 1. The largest absolute Gasteiger partial charge is 0.495 e. The number of nitrogens with one attached hydrogen (secondary N) is 3. The molecule has 10 heteroatoms. The number of methoxy groups -OCH3 is 1. The van der Waals surface area contributed by atoms with Gasteiger partial charge in [-0.25, -0.2) is 12.8 Å². The maximum absolute atomic E-state index is 13.0. The van der Waals surface area contributed by atoms with E-state index < -0.39 is 27.7 Å². The van der Waals surface area contributed by atoms with Crippen molar-refractivity contribution >= 4 is 27.5 Å². The third kappa shape index (κ3) is 5.41. The number of carbonyl (C=O) groups is 2. The highest BCUT2D eigenvalue weighted by atomic mass is 32.2. The molecule has 2 amide bonds. The molecular weight excluding hydrogens is 437 g/mol. The highest BCUT2D eigenvalue weighted by Crippen LogP contribution is 2.27. The van der Waals surface area contributed by atoms with Crippen molar-refractivity contribution in [3.8, 4) is 5.75 Å². The second-order valence-electron chi connectivity index (χ2n) is 6.75. The zero-order valence-electron chi connectivity index (χ0n) is 17.2. The molecule has 0 atom stereocenters. The number of carbonyl (C=O) groups excluding carboxylic acids is 2. The SMILES string of the molecule is COc1ccc(C(=O)NNC(=O)c2ccc(F)cc2)cc1S(=O)(=O)Nc1ccc(C)cc1. The van der Waals surface area contributed by atoms with Gasteiger partial charge in [-0.15, -0.1) is 0 Å². The predicted molar refractivity (Wildman–Crippen MR) is 116 cm³/mol. The lowest BCUT2D eigenvalue weighted by atomic mass is 10.2. The molecular formula is C22H20FN3O5S. The van der Waals surface area contributed by atoms with Gasteiger partial charge in [-0.05, 0) is 61.5 Å². The van der Waals surface area contributed by atoms with E-state index in [1.165, 1.54) is 31.4 Å². The van der Waals surface area contributed by atoms with E-state index in [0.717, 1.165) is 23.8 Å². The van der Waals surface area contributed by atoms with Gasteiger partial charge in [0.05, 0.1) is 7.11 Å². The number of hydrogen-bond donors (Lipinski definition) is 3. The molecule has 0 radical (unpaired) electrons. The molecule has 3 N–H and O–H groups in total. The second kappa shape index (κ2) is 9.48. The van der Waals surface area contributed by atoms with Crippen molar-refractivity contribution in [2.24, 2.45) is 0 Å². The molecule has 0 spiro atoms. The molecule has 3 rings (SSSR count). The highest BCUT2D eigenvalue weighted by molar-refractivity contribution is 7.92. The van der Waals surface area contributed by atoms with Gasteiger partial charge < -0.3 is 4.74 Å². The Hall–Kier alpha value is -3.92. The van der Waals surface area contributed by atoms with Gasteiger partial charge in [0.15, 0.2) is 0 Å². The van der Waals surface area contributed by atoms with E-state index in [9.17, 15) is 22.4 Å². The summed E-state index contributed by atoms with van der Waals surface area (Å²) in [5, 5.41) is 0. The van der Waals surface area contributed by atoms with Crippen LogP contribution in [-0.2, 0) is 10.0 Å². The second-order valence-corrected chi connectivity index (χ2v) is 8.40. The van der Waals surface area contributed by atoms with Crippen molar-refractivity contribution in [3.05, 3.63) is 89.2 Å². The number of rotatable bonds is 6. The third-order valence-corrected chi connectivity index (χ3v) is 5.82. The molecule has 8 nitrogen and oxygen atoms in total. The molecule has 0 aliphatic carbocycles. The van der Waals surface area contributed by atoms with Crippen LogP contribution in [0.1, 0.15) is 26.3 Å². The average molecular weight is 457 g/mol. The minimum atomic E-state index is -4.08. The van der Waals surface area contributed by atoms with Crippen LogP contribution in [0.4, 0.5) is 10.1 Å². The number of aryl methyl sites for hydroxylation is 1. The Morgan fingerprint density at radius 3 is 2.00 bits per heavy atom. The topological polar surface area (TPSA) is 114 Å². The maximum Gasteiger partial charge on any atom is 0.269 e. The molecule has 0 fully saturated rings. The number of ether oxygens (including phenoxy) is 1. The molecule has 3 aromatic rings. The van der Waals surface area contributed by atoms with Crippen LogP contribution in [0, 0.1) is 12.7 Å². The molecule has 0 bridgehead atoms. The van der Waals surface area contributed by atoms with Gasteiger partial charge >= 0.3 is 0 Å². The zero-order valence-corrected chi connectivity index (χ0v) is 18.0. The molecule has 0 aromatic heterocycles. The summed E-state index contributed by atoms with van der Waals surface area (Å²) in [6, 6.07) is 15.3. The Balaban J connectivity index is 1.78. The smallest absolute Gasteiger partial charge is 0.269 e. The molecule has 3 aromatic carbocycles. The van der Waals surface area contributed by atoms with Crippen molar-refractivity contribution in [2.75, 3.05) is 11.8 Å². The van der Waals surface area contributed by atoms with Crippen molar-refractivity contribution in [1.29, 1.82) is 0 Å². The van der Waals surface area contributed by atoms with E-state index in [-0.39, 0.29) is 21.8 Å². The van der Waals surface area contributed by atoms with Crippen LogP contribution in [0.15, 0.2) is 71.6 Å². The van der Waals surface area contributed by atoms with Gasteiger partial charge in [-0.1, -0.05) is 17.7 Å². The van der Waals surface area contributed by atoms with Gasteiger partial charge in [0, 0.05) is 16.8 Å². The third-order valence-electron chi connectivity index (χ3n) is 4.42. The summed E-state index contributed by atoms with van der Waals surface area (Å²) in [7, 11) is -2.77. The van der Waals surface area contributed by atoms with E-state index in [1.54, 1.807) is 24.3 Å². The number of benzene rings is 3. The lowest BCUT2D eigenvalue weighted by Gasteiger charge is -2.14. The van der Waals surface area contributed by atoms with E-state index in [4.69, 9.17) is 4.74 Å².